The van der Waals surface area contributed by atoms with Gasteiger partial charge in [-0.05, 0) is 33.6 Å². The van der Waals surface area contributed by atoms with E-state index in [9.17, 15) is 14.4 Å². The van der Waals surface area contributed by atoms with Crippen molar-refractivity contribution >= 4 is 17.8 Å². The van der Waals surface area contributed by atoms with Gasteiger partial charge in [-0.25, -0.2) is 4.79 Å². The van der Waals surface area contributed by atoms with Crippen LogP contribution in [0, 0.1) is 13.8 Å². The fraction of sp³-hybridized carbons (Fsp3) is 0.667. The molecule has 2 aliphatic heterocycles. The number of likely N-dealkylation sites (tertiary alicyclic amines) is 1. The number of amides is 2. The maximum absolute atomic E-state index is 12.7. The molecule has 1 aromatic heterocycles. The number of aryl methyl sites for hydroxylation is 2. The Morgan fingerprint density at radius 1 is 1.27 bits per heavy atom. The largest absolute Gasteiger partial charge is 0.439 e. The first-order chi connectivity index (χ1) is 12.2. The molecule has 8 heteroatoms. The molecule has 0 aliphatic carbocycles. The lowest BCUT2D eigenvalue weighted by molar-refractivity contribution is -0.137. The van der Waals surface area contributed by atoms with Crippen molar-refractivity contribution in [2.75, 3.05) is 26.7 Å². The first-order valence-electron chi connectivity index (χ1n) is 8.99. The number of rotatable bonds is 4. The Bertz CT molecular complexity index is 757. The first kappa shape index (κ1) is 18.4. The van der Waals surface area contributed by atoms with Crippen molar-refractivity contribution in [2.24, 2.45) is 0 Å². The average Bonchev–Trinajstić information content (AvgIpc) is 3.00. The number of Topliss-reactive ketones (excluding diaryl/α,β-unsaturated/α-hetero) is 1. The van der Waals surface area contributed by atoms with E-state index >= 15 is 0 Å². The molecule has 0 N–H and O–H groups in total. The standard InChI is InChI=1S/C18H26N4O4/c1-12-16(14(3)23)13(2)22(19-12)9-6-15(24)21-8-5-7-18(11-21)10-20(4)17(25)26-18/h5-11H2,1-4H3/t18-/m1/s1. The smallest absolute Gasteiger partial charge is 0.410 e. The number of carbonyl (C=O) groups is 3. The highest BCUT2D eigenvalue weighted by Crippen LogP contribution is 2.31. The lowest BCUT2D eigenvalue weighted by Crippen LogP contribution is -2.52. The molecule has 2 saturated heterocycles. The Balaban J connectivity index is 1.63. The number of hydrogen-bond donors (Lipinski definition) is 0. The second-order valence-electron chi connectivity index (χ2n) is 7.40. The quantitative estimate of drug-likeness (QED) is 0.759. The number of piperidine rings is 1. The second kappa shape index (κ2) is 6.74. The molecule has 1 spiro atoms. The van der Waals surface area contributed by atoms with Gasteiger partial charge < -0.3 is 14.5 Å². The van der Waals surface area contributed by atoms with Crippen LogP contribution in [0.15, 0.2) is 0 Å². The fourth-order valence-corrected chi connectivity index (χ4v) is 4.10. The van der Waals surface area contributed by atoms with Crippen molar-refractivity contribution in [2.45, 2.75) is 52.2 Å². The summed E-state index contributed by atoms with van der Waals surface area (Å²) in [6.07, 6.45) is 1.59. The summed E-state index contributed by atoms with van der Waals surface area (Å²) in [5.74, 6) is 0.00863. The third kappa shape index (κ3) is 3.32. The van der Waals surface area contributed by atoms with Gasteiger partial charge in [0.15, 0.2) is 5.78 Å². The van der Waals surface area contributed by atoms with Gasteiger partial charge in [0.05, 0.1) is 24.3 Å². The summed E-state index contributed by atoms with van der Waals surface area (Å²) in [6, 6.07) is 0. The molecule has 2 amide bonds. The van der Waals surface area contributed by atoms with Crippen LogP contribution in [0.2, 0.25) is 0 Å². The van der Waals surface area contributed by atoms with Crippen LogP contribution in [0.4, 0.5) is 4.79 Å². The highest BCUT2D eigenvalue weighted by atomic mass is 16.6. The normalized spacial score (nSPS) is 22.8. The summed E-state index contributed by atoms with van der Waals surface area (Å²) in [6.45, 7) is 7.26. The van der Waals surface area contributed by atoms with Gasteiger partial charge in [0.25, 0.3) is 0 Å². The number of likely N-dealkylation sites (N-methyl/N-ethyl adjacent to an activating group) is 1. The van der Waals surface area contributed by atoms with E-state index in [-0.39, 0.29) is 17.8 Å². The van der Waals surface area contributed by atoms with Gasteiger partial charge in [0.1, 0.15) is 5.60 Å². The summed E-state index contributed by atoms with van der Waals surface area (Å²) in [4.78, 5) is 39.5. The van der Waals surface area contributed by atoms with Crippen LogP contribution < -0.4 is 0 Å². The molecule has 1 aromatic rings. The van der Waals surface area contributed by atoms with E-state index in [1.165, 1.54) is 6.92 Å². The van der Waals surface area contributed by atoms with E-state index in [0.717, 1.165) is 18.5 Å². The Kier molecular flexibility index (Phi) is 4.77. The monoisotopic (exact) mass is 362 g/mol. The Morgan fingerprint density at radius 2 is 2.00 bits per heavy atom. The molecule has 2 aliphatic rings. The van der Waals surface area contributed by atoms with Crippen molar-refractivity contribution < 1.29 is 19.1 Å². The topological polar surface area (TPSA) is 84.7 Å². The van der Waals surface area contributed by atoms with Crippen LogP contribution in [0.3, 0.4) is 0 Å². The van der Waals surface area contributed by atoms with E-state index in [0.29, 0.717) is 43.9 Å². The molecular weight excluding hydrogens is 336 g/mol. The van der Waals surface area contributed by atoms with E-state index in [2.05, 4.69) is 5.10 Å². The number of hydrogen-bond acceptors (Lipinski definition) is 5. The predicted octanol–water partition coefficient (Wildman–Crippen LogP) is 1.54. The van der Waals surface area contributed by atoms with Gasteiger partial charge in [0.2, 0.25) is 5.91 Å². The molecular formula is C18H26N4O4. The SMILES string of the molecule is CC(=O)c1c(C)nn(CCC(=O)N2CCC[C@@]3(CN(C)C(=O)O3)C2)c1C. The second-order valence-corrected chi connectivity index (χ2v) is 7.40. The minimum absolute atomic E-state index is 0.0114. The van der Waals surface area contributed by atoms with Crippen LogP contribution >= 0.6 is 0 Å². The summed E-state index contributed by atoms with van der Waals surface area (Å²) in [5, 5.41) is 4.39. The van der Waals surface area contributed by atoms with E-state index in [1.807, 2.05) is 6.92 Å². The summed E-state index contributed by atoms with van der Waals surface area (Å²) in [5.41, 5.74) is 1.56. The summed E-state index contributed by atoms with van der Waals surface area (Å²) in [7, 11) is 1.72. The number of ether oxygens (including phenoxy) is 1. The van der Waals surface area contributed by atoms with Crippen LogP contribution in [-0.4, -0.2) is 69.6 Å². The minimum atomic E-state index is -0.570. The average molecular weight is 362 g/mol. The van der Waals surface area contributed by atoms with Gasteiger partial charge in [0, 0.05) is 32.3 Å². The van der Waals surface area contributed by atoms with Gasteiger partial charge in [-0.2, -0.15) is 5.10 Å². The molecule has 0 radical (unpaired) electrons. The number of ketones is 1. The molecule has 3 heterocycles. The van der Waals surface area contributed by atoms with Crippen molar-refractivity contribution in [1.82, 2.24) is 19.6 Å². The molecule has 3 rings (SSSR count). The van der Waals surface area contributed by atoms with Crippen molar-refractivity contribution in [3.05, 3.63) is 17.0 Å². The van der Waals surface area contributed by atoms with Crippen LogP contribution in [-0.2, 0) is 16.1 Å². The zero-order chi connectivity index (χ0) is 19.1. The number of aromatic nitrogens is 2. The molecule has 0 unspecified atom stereocenters. The Labute approximate surface area is 153 Å². The van der Waals surface area contributed by atoms with Crippen molar-refractivity contribution in [3.8, 4) is 0 Å². The molecule has 0 bridgehead atoms. The van der Waals surface area contributed by atoms with Crippen LogP contribution in [0.1, 0.15) is 47.9 Å². The Hall–Kier alpha value is -2.38. The lowest BCUT2D eigenvalue weighted by atomic mass is 9.92. The third-order valence-electron chi connectivity index (χ3n) is 5.30. The fourth-order valence-electron chi connectivity index (χ4n) is 4.10. The van der Waals surface area contributed by atoms with Gasteiger partial charge in [-0.1, -0.05) is 0 Å². The van der Waals surface area contributed by atoms with Crippen LogP contribution in [0.5, 0.6) is 0 Å². The maximum Gasteiger partial charge on any atom is 0.410 e. The predicted molar refractivity (Wildman–Crippen MR) is 94.0 cm³/mol. The number of carbonyl (C=O) groups excluding carboxylic acids is 3. The highest BCUT2D eigenvalue weighted by Gasteiger charge is 2.47. The van der Waals surface area contributed by atoms with Crippen LogP contribution in [0.25, 0.3) is 0 Å². The molecule has 0 aromatic carbocycles. The van der Waals surface area contributed by atoms with Crippen molar-refractivity contribution in [1.29, 1.82) is 0 Å². The molecule has 2 fully saturated rings. The molecule has 1 atom stereocenters. The zero-order valence-corrected chi connectivity index (χ0v) is 15.9. The molecule has 142 valence electrons. The highest BCUT2D eigenvalue weighted by molar-refractivity contribution is 5.96. The summed E-state index contributed by atoms with van der Waals surface area (Å²) >= 11 is 0. The zero-order valence-electron chi connectivity index (χ0n) is 15.9. The first-order valence-corrected chi connectivity index (χ1v) is 8.99. The molecule has 8 nitrogen and oxygen atoms in total. The van der Waals surface area contributed by atoms with Crippen molar-refractivity contribution in [3.63, 3.8) is 0 Å². The molecule has 26 heavy (non-hydrogen) atoms. The van der Waals surface area contributed by atoms with E-state index in [1.54, 1.807) is 28.5 Å². The maximum atomic E-state index is 12.7. The lowest BCUT2D eigenvalue weighted by Gasteiger charge is -2.38. The number of nitrogens with zero attached hydrogens (tertiary/aromatic N) is 4. The summed E-state index contributed by atoms with van der Waals surface area (Å²) < 4.78 is 7.28. The van der Waals surface area contributed by atoms with Gasteiger partial charge in [-0.15, -0.1) is 0 Å². The molecule has 0 saturated carbocycles. The van der Waals surface area contributed by atoms with E-state index < -0.39 is 5.60 Å². The Morgan fingerprint density at radius 3 is 2.58 bits per heavy atom. The van der Waals surface area contributed by atoms with E-state index in [4.69, 9.17) is 4.74 Å². The van der Waals surface area contributed by atoms with Gasteiger partial charge in [-0.3, -0.25) is 14.3 Å². The van der Waals surface area contributed by atoms with Gasteiger partial charge >= 0.3 is 6.09 Å². The third-order valence-corrected chi connectivity index (χ3v) is 5.30. The minimum Gasteiger partial charge on any atom is -0.439 e.